The second-order valence-electron chi connectivity index (χ2n) is 4.15. The molecule has 0 radical (unpaired) electrons. The molecule has 1 aliphatic rings. The lowest BCUT2D eigenvalue weighted by Crippen LogP contribution is -2.30. The van der Waals surface area contributed by atoms with Crippen LogP contribution in [0, 0.1) is 5.92 Å². The molecule has 1 aliphatic heterocycles. The Balaban J connectivity index is 2.20. The van der Waals surface area contributed by atoms with Gasteiger partial charge in [-0.1, -0.05) is 25.8 Å². The molecule has 1 rings (SSSR count). The van der Waals surface area contributed by atoms with Crippen LogP contribution in [0.1, 0.15) is 39.5 Å². The Bertz CT molecular complexity index is 125. The average molecular weight is 187 g/mol. The third kappa shape index (κ3) is 3.36. The maximum Gasteiger partial charge on any atom is 0.0199 e. The van der Waals surface area contributed by atoms with E-state index in [2.05, 4.69) is 25.2 Å². The van der Waals surface area contributed by atoms with Crippen LogP contribution in [-0.4, -0.2) is 23.1 Å². The summed E-state index contributed by atoms with van der Waals surface area (Å²) in [5.74, 6) is 2.19. The highest BCUT2D eigenvalue weighted by molar-refractivity contribution is 7.97. The van der Waals surface area contributed by atoms with E-state index in [1.54, 1.807) is 0 Å². The fraction of sp³-hybridized carbons (Fsp3) is 1.00. The lowest BCUT2D eigenvalue weighted by Gasteiger charge is -2.31. The molecule has 12 heavy (non-hydrogen) atoms. The van der Waals surface area contributed by atoms with Gasteiger partial charge in [0.15, 0.2) is 0 Å². The van der Waals surface area contributed by atoms with Crippen LogP contribution in [0.5, 0.6) is 0 Å². The first-order valence-corrected chi connectivity index (χ1v) is 6.00. The topological polar surface area (TPSA) is 3.24 Å². The van der Waals surface area contributed by atoms with Gasteiger partial charge in [-0.2, -0.15) is 0 Å². The molecule has 2 heteroatoms. The van der Waals surface area contributed by atoms with Crippen molar-refractivity contribution in [3.8, 4) is 0 Å². The summed E-state index contributed by atoms with van der Waals surface area (Å²) in [6.45, 7) is 4.63. The molecule has 1 nitrogen and oxygen atoms in total. The molecular formula is C10H21NS. The van der Waals surface area contributed by atoms with Crippen LogP contribution < -0.4 is 0 Å². The summed E-state index contributed by atoms with van der Waals surface area (Å²) in [6, 6.07) is 0.853. The van der Waals surface area contributed by atoms with E-state index in [0.717, 1.165) is 12.0 Å². The van der Waals surface area contributed by atoms with Crippen LogP contribution in [0.25, 0.3) is 0 Å². The minimum absolute atomic E-state index is 0.853. The molecular weight excluding hydrogens is 166 g/mol. The van der Waals surface area contributed by atoms with Crippen molar-refractivity contribution in [3.63, 3.8) is 0 Å². The largest absolute Gasteiger partial charge is 0.251 e. The van der Waals surface area contributed by atoms with E-state index in [-0.39, 0.29) is 0 Å². The fourth-order valence-electron chi connectivity index (χ4n) is 1.67. The minimum Gasteiger partial charge on any atom is -0.251 e. The average Bonchev–Trinajstić information content (AvgIpc) is 2.03. The molecule has 0 aromatic rings. The molecule has 0 saturated carbocycles. The predicted molar refractivity (Wildman–Crippen MR) is 57.3 cm³/mol. The zero-order valence-electron chi connectivity index (χ0n) is 8.55. The standard InChI is InChI=1S/C10H21NS/c1-9(2)6-7-10-5-4-8-12-11(10)3/h9-10H,4-8H2,1-3H3. The van der Waals surface area contributed by atoms with Gasteiger partial charge in [0.05, 0.1) is 0 Å². The lowest BCUT2D eigenvalue weighted by atomic mass is 10.0. The van der Waals surface area contributed by atoms with Crippen molar-refractivity contribution < 1.29 is 0 Å². The molecule has 1 unspecified atom stereocenters. The van der Waals surface area contributed by atoms with Crippen molar-refractivity contribution in [1.29, 1.82) is 0 Å². The highest BCUT2D eigenvalue weighted by Gasteiger charge is 2.19. The van der Waals surface area contributed by atoms with E-state index in [9.17, 15) is 0 Å². The van der Waals surface area contributed by atoms with Gasteiger partial charge >= 0.3 is 0 Å². The Morgan fingerprint density at radius 2 is 2.25 bits per heavy atom. The number of hydrogen-bond donors (Lipinski definition) is 0. The predicted octanol–water partition coefficient (Wildman–Crippen LogP) is 3.17. The van der Waals surface area contributed by atoms with Crippen molar-refractivity contribution in [2.45, 2.75) is 45.6 Å². The van der Waals surface area contributed by atoms with Crippen LogP contribution in [-0.2, 0) is 0 Å². The van der Waals surface area contributed by atoms with Crippen LogP contribution in [0.2, 0.25) is 0 Å². The Kier molecular flexibility index (Phi) is 4.44. The van der Waals surface area contributed by atoms with Crippen molar-refractivity contribution >= 4 is 11.9 Å². The zero-order valence-corrected chi connectivity index (χ0v) is 9.36. The zero-order chi connectivity index (χ0) is 8.97. The second kappa shape index (κ2) is 5.13. The van der Waals surface area contributed by atoms with Gasteiger partial charge in [0.2, 0.25) is 0 Å². The van der Waals surface area contributed by atoms with Gasteiger partial charge in [-0.3, -0.25) is 4.31 Å². The van der Waals surface area contributed by atoms with Crippen LogP contribution in [0.4, 0.5) is 0 Å². The summed E-state index contributed by atoms with van der Waals surface area (Å²) in [5.41, 5.74) is 0. The Morgan fingerprint density at radius 1 is 1.50 bits per heavy atom. The third-order valence-corrected chi connectivity index (χ3v) is 3.74. The van der Waals surface area contributed by atoms with E-state index in [4.69, 9.17) is 0 Å². The van der Waals surface area contributed by atoms with E-state index in [1.165, 1.54) is 31.4 Å². The maximum absolute atomic E-state index is 2.46. The molecule has 0 aliphatic carbocycles. The highest BCUT2D eigenvalue weighted by Crippen LogP contribution is 2.27. The summed E-state index contributed by atoms with van der Waals surface area (Å²) in [7, 11) is 2.24. The first-order valence-electron chi connectivity index (χ1n) is 5.06. The van der Waals surface area contributed by atoms with Gasteiger partial charge < -0.3 is 0 Å². The quantitative estimate of drug-likeness (QED) is 0.624. The Hall–Kier alpha value is 0.310. The molecule has 0 aromatic heterocycles. The van der Waals surface area contributed by atoms with E-state index in [0.29, 0.717) is 0 Å². The van der Waals surface area contributed by atoms with Gasteiger partial charge in [0.1, 0.15) is 0 Å². The minimum atomic E-state index is 0.853. The summed E-state index contributed by atoms with van der Waals surface area (Å²) in [4.78, 5) is 0. The molecule has 0 aromatic carbocycles. The Morgan fingerprint density at radius 3 is 2.83 bits per heavy atom. The molecule has 0 bridgehead atoms. The number of rotatable bonds is 3. The SMILES string of the molecule is CC(C)CCC1CCCSN1C. The second-order valence-corrected chi connectivity index (χ2v) is 5.39. The molecule has 0 spiro atoms. The first-order chi connectivity index (χ1) is 5.70. The first kappa shape index (κ1) is 10.4. The van der Waals surface area contributed by atoms with Gasteiger partial charge in [-0.15, -0.1) is 0 Å². The smallest absolute Gasteiger partial charge is 0.0199 e. The Labute approximate surface area is 81.0 Å². The number of nitrogens with zero attached hydrogens (tertiary/aromatic N) is 1. The summed E-state index contributed by atoms with van der Waals surface area (Å²) >= 11 is 2.01. The van der Waals surface area contributed by atoms with Crippen molar-refractivity contribution in [1.82, 2.24) is 4.31 Å². The molecule has 1 saturated heterocycles. The monoisotopic (exact) mass is 187 g/mol. The van der Waals surface area contributed by atoms with Crippen molar-refractivity contribution in [2.75, 3.05) is 12.8 Å². The van der Waals surface area contributed by atoms with Crippen LogP contribution >= 0.6 is 11.9 Å². The molecule has 1 fully saturated rings. The molecule has 0 amide bonds. The van der Waals surface area contributed by atoms with E-state index >= 15 is 0 Å². The van der Waals surface area contributed by atoms with Gasteiger partial charge in [-0.25, -0.2) is 0 Å². The van der Waals surface area contributed by atoms with Gasteiger partial charge in [0.25, 0.3) is 0 Å². The summed E-state index contributed by atoms with van der Waals surface area (Å²) in [6.07, 6.45) is 5.60. The third-order valence-electron chi connectivity index (χ3n) is 2.57. The van der Waals surface area contributed by atoms with E-state index < -0.39 is 0 Å². The van der Waals surface area contributed by atoms with E-state index in [1.807, 2.05) is 11.9 Å². The number of hydrogen-bond acceptors (Lipinski definition) is 2. The summed E-state index contributed by atoms with van der Waals surface area (Å²) in [5, 5.41) is 0. The molecule has 72 valence electrons. The normalized spacial score (nSPS) is 26.5. The molecule has 0 N–H and O–H groups in total. The molecule has 1 atom stereocenters. The summed E-state index contributed by atoms with van der Waals surface area (Å²) < 4.78 is 2.46. The van der Waals surface area contributed by atoms with Crippen molar-refractivity contribution in [2.24, 2.45) is 5.92 Å². The van der Waals surface area contributed by atoms with Crippen LogP contribution in [0.15, 0.2) is 0 Å². The van der Waals surface area contributed by atoms with Gasteiger partial charge in [0, 0.05) is 11.8 Å². The fourth-order valence-corrected chi connectivity index (χ4v) is 2.67. The van der Waals surface area contributed by atoms with Gasteiger partial charge in [-0.05, 0) is 38.6 Å². The maximum atomic E-state index is 2.46. The highest BCUT2D eigenvalue weighted by atomic mass is 32.2. The lowest BCUT2D eigenvalue weighted by molar-refractivity contribution is 0.323. The van der Waals surface area contributed by atoms with Crippen molar-refractivity contribution in [3.05, 3.63) is 0 Å². The molecule has 1 heterocycles. The van der Waals surface area contributed by atoms with Crippen LogP contribution in [0.3, 0.4) is 0 Å².